The molecule has 0 saturated heterocycles. The molecule has 15 heavy (non-hydrogen) atoms. The Morgan fingerprint density at radius 1 is 1.47 bits per heavy atom. The Morgan fingerprint density at radius 2 is 2.27 bits per heavy atom. The van der Waals surface area contributed by atoms with Crippen LogP contribution in [0.1, 0.15) is 6.92 Å². The van der Waals surface area contributed by atoms with Crippen LogP contribution in [0.15, 0.2) is 42.1 Å². The van der Waals surface area contributed by atoms with Crippen LogP contribution in [-0.2, 0) is 6.54 Å². The Morgan fingerprint density at radius 3 is 3.00 bits per heavy atom. The summed E-state index contributed by atoms with van der Waals surface area (Å²) in [6, 6.07) is 8.22. The molecule has 0 unspecified atom stereocenters. The molecule has 0 aliphatic rings. The second-order valence-corrected chi connectivity index (χ2v) is 4.45. The summed E-state index contributed by atoms with van der Waals surface area (Å²) in [5, 5.41) is 1.08. The third-order valence-corrected chi connectivity index (χ3v) is 3.06. The van der Waals surface area contributed by atoms with E-state index in [1.807, 2.05) is 18.2 Å². The van der Waals surface area contributed by atoms with Gasteiger partial charge in [0.05, 0.1) is 11.0 Å². The average Bonchev–Trinajstić information content (AvgIpc) is 2.59. The van der Waals surface area contributed by atoms with Gasteiger partial charge in [0.1, 0.15) is 0 Å². The summed E-state index contributed by atoms with van der Waals surface area (Å²) in [7, 11) is 0. The molecule has 2 nitrogen and oxygen atoms in total. The van der Waals surface area contributed by atoms with E-state index in [0.29, 0.717) is 0 Å². The first kappa shape index (κ1) is 10.3. The summed E-state index contributed by atoms with van der Waals surface area (Å²) >= 11 is 1.77. The molecule has 0 bridgehead atoms. The van der Waals surface area contributed by atoms with Gasteiger partial charge in [-0.2, -0.15) is 0 Å². The summed E-state index contributed by atoms with van der Waals surface area (Å²) in [6.45, 7) is 6.75. The molecular formula is C12H14N2S. The lowest BCUT2D eigenvalue weighted by atomic mass is 10.3. The number of imidazole rings is 1. The van der Waals surface area contributed by atoms with Crippen LogP contribution >= 0.6 is 11.8 Å². The lowest BCUT2D eigenvalue weighted by molar-refractivity contribution is 0.749. The Balaban J connectivity index is 2.57. The van der Waals surface area contributed by atoms with Gasteiger partial charge in [0.2, 0.25) is 0 Å². The van der Waals surface area contributed by atoms with Gasteiger partial charge in [-0.3, -0.25) is 0 Å². The fourth-order valence-electron chi connectivity index (χ4n) is 1.60. The predicted octanol–water partition coefficient (Wildman–Crippen LogP) is 3.33. The summed E-state index contributed by atoms with van der Waals surface area (Å²) in [4.78, 5) is 4.60. The van der Waals surface area contributed by atoms with Crippen molar-refractivity contribution in [2.75, 3.05) is 5.75 Å². The molecule has 0 saturated carbocycles. The van der Waals surface area contributed by atoms with E-state index in [2.05, 4.69) is 35.2 Å². The van der Waals surface area contributed by atoms with E-state index in [1.54, 1.807) is 11.8 Å². The number of aromatic nitrogens is 2. The van der Waals surface area contributed by atoms with Crippen LogP contribution < -0.4 is 0 Å². The standard InChI is InChI=1S/C12H14N2S/c1-3-9-14-11-8-6-5-7-10(11)13-12(14)15-4-2/h3,5-8H,1,4,9H2,2H3. The number of rotatable bonds is 4. The van der Waals surface area contributed by atoms with Crippen molar-refractivity contribution in [3.8, 4) is 0 Å². The monoisotopic (exact) mass is 218 g/mol. The molecule has 2 rings (SSSR count). The molecule has 2 aromatic rings. The molecular weight excluding hydrogens is 204 g/mol. The summed E-state index contributed by atoms with van der Waals surface area (Å²) in [6.07, 6.45) is 1.91. The molecule has 0 aliphatic carbocycles. The van der Waals surface area contributed by atoms with Crippen molar-refractivity contribution in [3.05, 3.63) is 36.9 Å². The number of hydrogen-bond donors (Lipinski definition) is 0. The van der Waals surface area contributed by atoms with Crippen molar-refractivity contribution < 1.29 is 0 Å². The first-order valence-corrected chi connectivity index (χ1v) is 6.04. The number of allylic oxidation sites excluding steroid dienone is 1. The third-order valence-electron chi connectivity index (χ3n) is 2.20. The van der Waals surface area contributed by atoms with Crippen molar-refractivity contribution in [3.63, 3.8) is 0 Å². The maximum absolute atomic E-state index is 4.60. The van der Waals surface area contributed by atoms with Crippen molar-refractivity contribution in [2.45, 2.75) is 18.6 Å². The Hall–Kier alpha value is -1.22. The SMILES string of the molecule is C=CCn1c(SCC)nc2ccccc21. The van der Waals surface area contributed by atoms with Crippen LogP contribution in [0.4, 0.5) is 0 Å². The molecule has 0 amide bonds. The van der Waals surface area contributed by atoms with E-state index in [-0.39, 0.29) is 0 Å². The van der Waals surface area contributed by atoms with Crippen molar-refractivity contribution in [1.29, 1.82) is 0 Å². The quantitative estimate of drug-likeness (QED) is 0.578. The van der Waals surface area contributed by atoms with E-state index >= 15 is 0 Å². The minimum Gasteiger partial charge on any atom is -0.315 e. The lowest BCUT2D eigenvalue weighted by Gasteiger charge is -2.03. The number of benzene rings is 1. The van der Waals surface area contributed by atoms with Crippen LogP contribution in [0.25, 0.3) is 11.0 Å². The first-order valence-electron chi connectivity index (χ1n) is 5.05. The van der Waals surface area contributed by atoms with Gasteiger partial charge in [-0.1, -0.05) is 36.9 Å². The van der Waals surface area contributed by atoms with Gasteiger partial charge in [0.15, 0.2) is 5.16 Å². The van der Waals surface area contributed by atoms with Gasteiger partial charge >= 0.3 is 0 Å². The Kier molecular flexibility index (Phi) is 3.11. The maximum Gasteiger partial charge on any atom is 0.169 e. The zero-order valence-electron chi connectivity index (χ0n) is 8.81. The molecule has 1 aromatic carbocycles. The summed E-state index contributed by atoms with van der Waals surface area (Å²) in [5.41, 5.74) is 2.25. The fraction of sp³-hybridized carbons (Fsp3) is 0.250. The van der Waals surface area contributed by atoms with E-state index in [1.165, 1.54) is 5.52 Å². The van der Waals surface area contributed by atoms with E-state index < -0.39 is 0 Å². The molecule has 0 atom stereocenters. The first-order chi connectivity index (χ1) is 7.36. The van der Waals surface area contributed by atoms with Crippen LogP contribution in [0.2, 0.25) is 0 Å². The van der Waals surface area contributed by atoms with Crippen molar-refractivity contribution in [1.82, 2.24) is 9.55 Å². The minimum absolute atomic E-state index is 0.822. The van der Waals surface area contributed by atoms with E-state index in [0.717, 1.165) is 23.0 Å². The van der Waals surface area contributed by atoms with Gasteiger partial charge in [0, 0.05) is 6.54 Å². The Bertz CT molecular complexity index is 473. The van der Waals surface area contributed by atoms with Crippen LogP contribution in [0.3, 0.4) is 0 Å². The highest BCUT2D eigenvalue weighted by Crippen LogP contribution is 2.23. The average molecular weight is 218 g/mol. The topological polar surface area (TPSA) is 17.8 Å². The van der Waals surface area contributed by atoms with E-state index in [9.17, 15) is 0 Å². The van der Waals surface area contributed by atoms with Crippen molar-refractivity contribution in [2.24, 2.45) is 0 Å². The highest BCUT2D eigenvalue weighted by atomic mass is 32.2. The summed E-state index contributed by atoms with van der Waals surface area (Å²) in [5.74, 6) is 1.04. The molecule has 3 heteroatoms. The van der Waals surface area contributed by atoms with Crippen LogP contribution in [-0.4, -0.2) is 15.3 Å². The Labute approximate surface area is 94.0 Å². The molecule has 1 aromatic heterocycles. The zero-order valence-corrected chi connectivity index (χ0v) is 9.63. The number of hydrogen-bond acceptors (Lipinski definition) is 2. The van der Waals surface area contributed by atoms with Gasteiger partial charge in [-0.05, 0) is 17.9 Å². The van der Waals surface area contributed by atoms with Gasteiger partial charge in [-0.15, -0.1) is 6.58 Å². The summed E-state index contributed by atoms with van der Waals surface area (Å²) < 4.78 is 2.20. The van der Waals surface area contributed by atoms with Gasteiger partial charge < -0.3 is 4.57 Å². The molecule has 0 aliphatic heterocycles. The van der Waals surface area contributed by atoms with Gasteiger partial charge in [0.25, 0.3) is 0 Å². The largest absolute Gasteiger partial charge is 0.315 e. The maximum atomic E-state index is 4.60. The number of nitrogens with zero attached hydrogens (tertiary/aromatic N) is 2. The van der Waals surface area contributed by atoms with Crippen LogP contribution in [0.5, 0.6) is 0 Å². The predicted molar refractivity (Wildman–Crippen MR) is 66.3 cm³/mol. The second-order valence-electron chi connectivity index (χ2n) is 3.22. The zero-order chi connectivity index (χ0) is 10.7. The molecule has 0 radical (unpaired) electrons. The highest BCUT2D eigenvalue weighted by molar-refractivity contribution is 7.99. The smallest absolute Gasteiger partial charge is 0.169 e. The molecule has 0 spiro atoms. The van der Waals surface area contributed by atoms with Crippen molar-refractivity contribution >= 4 is 22.8 Å². The molecule has 0 fully saturated rings. The van der Waals surface area contributed by atoms with Crippen LogP contribution in [0, 0.1) is 0 Å². The lowest BCUT2D eigenvalue weighted by Crippen LogP contribution is -1.96. The minimum atomic E-state index is 0.822. The number of para-hydroxylation sites is 2. The van der Waals surface area contributed by atoms with Gasteiger partial charge in [-0.25, -0.2) is 4.98 Å². The van der Waals surface area contributed by atoms with E-state index in [4.69, 9.17) is 0 Å². The molecule has 1 heterocycles. The highest BCUT2D eigenvalue weighted by Gasteiger charge is 2.08. The number of thioether (sulfide) groups is 1. The molecule has 0 N–H and O–H groups in total. The second kappa shape index (κ2) is 4.53. The number of fused-ring (bicyclic) bond motifs is 1. The normalized spacial score (nSPS) is 10.7. The fourth-order valence-corrected chi connectivity index (χ4v) is 2.35. The molecule has 78 valence electrons. The third kappa shape index (κ3) is 1.92.